The van der Waals surface area contributed by atoms with E-state index in [9.17, 15) is 4.79 Å². The zero-order valence-electron chi connectivity index (χ0n) is 9.22. The summed E-state index contributed by atoms with van der Waals surface area (Å²) in [6, 6.07) is 5.78. The van der Waals surface area contributed by atoms with Crippen molar-refractivity contribution in [1.29, 1.82) is 5.26 Å². The first-order valence-electron chi connectivity index (χ1n) is 4.79. The van der Waals surface area contributed by atoms with Gasteiger partial charge in [-0.1, -0.05) is 6.07 Å². The third-order valence-electron chi connectivity index (χ3n) is 2.35. The van der Waals surface area contributed by atoms with Crippen LogP contribution in [-0.2, 0) is 4.79 Å². The van der Waals surface area contributed by atoms with Gasteiger partial charge in [0.2, 0.25) is 5.91 Å². The van der Waals surface area contributed by atoms with Crippen LogP contribution in [-0.4, -0.2) is 5.91 Å². The molecule has 0 heterocycles. The van der Waals surface area contributed by atoms with E-state index in [1.807, 2.05) is 39.0 Å². The normalized spacial score (nSPS) is 9.47. The number of aryl methyl sites for hydroxylation is 3. The highest BCUT2D eigenvalue weighted by atomic mass is 16.1. The van der Waals surface area contributed by atoms with Gasteiger partial charge in [-0.15, -0.1) is 0 Å². The molecule has 1 amide bonds. The number of carbonyl (C=O) groups excluding carboxylic acids is 1. The van der Waals surface area contributed by atoms with Gasteiger partial charge in [0.15, 0.2) is 0 Å². The highest BCUT2D eigenvalue weighted by Crippen LogP contribution is 2.19. The number of nitrogens with zero attached hydrogens (tertiary/aromatic N) is 1. The van der Waals surface area contributed by atoms with Crippen molar-refractivity contribution in [3.63, 3.8) is 0 Å². The average Bonchev–Trinajstić information content (AvgIpc) is 2.14. The van der Waals surface area contributed by atoms with Gasteiger partial charge in [-0.2, -0.15) is 5.26 Å². The van der Waals surface area contributed by atoms with E-state index in [0.29, 0.717) is 0 Å². The minimum absolute atomic E-state index is 0.105. The first kappa shape index (κ1) is 11.3. The van der Waals surface area contributed by atoms with E-state index >= 15 is 0 Å². The minimum atomic E-state index is -0.260. The Morgan fingerprint density at radius 3 is 2.47 bits per heavy atom. The lowest BCUT2D eigenvalue weighted by Gasteiger charge is -2.10. The van der Waals surface area contributed by atoms with Crippen molar-refractivity contribution >= 4 is 11.6 Å². The average molecular weight is 202 g/mol. The van der Waals surface area contributed by atoms with Crippen molar-refractivity contribution in [2.75, 3.05) is 5.32 Å². The Hall–Kier alpha value is -1.82. The van der Waals surface area contributed by atoms with Crippen LogP contribution in [0.1, 0.15) is 23.1 Å². The molecule has 0 aliphatic rings. The molecule has 0 saturated carbocycles. The molecule has 1 rings (SSSR count). The Bertz CT molecular complexity index is 430. The predicted molar refractivity (Wildman–Crippen MR) is 59.5 cm³/mol. The van der Waals surface area contributed by atoms with Crippen molar-refractivity contribution in [2.45, 2.75) is 27.2 Å². The van der Waals surface area contributed by atoms with Gasteiger partial charge in [0.25, 0.3) is 0 Å². The van der Waals surface area contributed by atoms with Crippen molar-refractivity contribution < 1.29 is 4.79 Å². The molecule has 3 nitrogen and oxygen atoms in total. The van der Waals surface area contributed by atoms with Crippen LogP contribution in [0.4, 0.5) is 5.69 Å². The van der Waals surface area contributed by atoms with E-state index in [-0.39, 0.29) is 12.3 Å². The largest absolute Gasteiger partial charge is 0.325 e. The lowest BCUT2D eigenvalue weighted by Crippen LogP contribution is -2.11. The lowest BCUT2D eigenvalue weighted by atomic mass is 10.0. The number of hydrogen-bond donors (Lipinski definition) is 1. The number of amides is 1. The van der Waals surface area contributed by atoms with E-state index in [1.54, 1.807) is 0 Å². The van der Waals surface area contributed by atoms with Crippen molar-refractivity contribution in [3.05, 3.63) is 28.8 Å². The van der Waals surface area contributed by atoms with Crippen LogP contribution in [0.15, 0.2) is 12.1 Å². The van der Waals surface area contributed by atoms with Gasteiger partial charge in [0, 0.05) is 5.69 Å². The maximum atomic E-state index is 11.2. The first-order valence-corrected chi connectivity index (χ1v) is 4.79. The zero-order chi connectivity index (χ0) is 11.4. The monoisotopic (exact) mass is 202 g/mol. The zero-order valence-corrected chi connectivity index (χ0v) is 9.22. The Balaban J connectivity index is 2.92. The molecule has 0 radical (unpaired) electrons. The molecule has 0 atom stereocenters. The second kappa shape index (κ2) is 4.61. The summed E-state index contributed by atoms with van der Waals surface area (Å²) in [6.45, 7) is 5.96. The molecular formula is C12H14N2O. The molecule has 0 aromatic heterocycles. The first-order chi connectivity index (χ1) is 7.04. The molecule has 0 aliphatic heterocycles. The van der Waals surface area contributed by atoms with E-state index in [2.05, 4.69) is 5.32 Å². The van der Waals surface area contributed by atoms with Gasteiger partial charge in [-0.3, -0.25) is 4.79 Å². The summed E-state index contributed by atoms with van der Waals surface area (Å²) >= 11 is 0. The summed E-state index contributed by atoms with van der Waals surface area (Å²) in [5.41, 5.74) is 4.14. The molecular weight excluding hydrogens is 188 g/mol. The van der Waals surface area contributed by atoms with Crippen LogP contribution >= 0.6 is 0 Å². The van der Waals surface area contributed by atoms with Gasteiger partial charge in [-0.25, -0.2) is 0 Å². The summed E-state index contributed by atoms with van der Waals surface area (Å²) in [5, 5.41) is 11.1. The Kier molecular flexibility index (Phi) is 3.46. The second-order valence-corrected chi connectivity index (χ2v) is 3.63. The lowest BCUT2D eigenvalue weighted by molar-refractivity contribution is -0.115. The Labute approximate surface area is 89.7 Å². The highest BCUT2D eigenvalue weighted by molar-refractivity contribution is 5.92. The number of anilines is 1. The van der Waals surface area contributed by atoms with Gasteiger partial charge in [0.1, 0.15) is 6.42 Å². The summed E-state index contributed by atoms with van der Waals surface area (Å²) in [7, 11) is 0. The van der Waals surface area contributed by atoms with Crippen molar-refractivity contribution in [1.82, 2.24) is 0 Å². The van der Waals surface area contributed by atoms with Crippen LogP contribution in [0, 0.1) is 32.1 Å². The molecule has 1 aromatic rings. The summed E-state index contributed by atoms with van der Waals surface area (Å²) in [5.74, 6) is -0.260. The van der Waals surface area contributed by atoms with Crippen molar-refractivity contribution in [2.24, 2.45) is 0 Å². The summed E-state index contributed by atoms with van der Waals surface area (Å²) in [4.78, 5) is 11.2. The highest BCUT2D eigenvalue weighted by Gasteiger charge is 2.05. The number of nitriles is 1. The summed E-state index contributed by atoms with van der Waals surface area (Å²) in [6.07, 6.45) is -0.105. The molecule has 78 valence electrons. The smallest absolute Gasteiger partial charge is 0.238 e. The van der Waals surface area contributed by atoms with Gasteiger partial charge in [0.05, 0.1) is 6.07 Å². The molecule has 0 bridgehead atoms. The van der Waals surface area contributed by atoms with Gasteiger partial charge < -0.3 is 5.32 Å². The maximum Gasteiger partial charge on any atom is 0.238 e. The number of carbonyl (C=O) groups is 1. The number of hydrogen-bond acceptors (Lipinski definition) is 2. The minimum Gasteiger partial charge on any atom is -0.325 e. The molecule has 0 saturated heterocycles. The molecule has 1 N–H and O–H groups in total. The standard InChI is InChI=1S/C12H14N2O/c1-8-6-10(3)11(7-9(8)2)14-12(15)4-5-13/h6-7H,4H2,1-3H3,(H,14,15). The second-order valence-electron chi connectivity index (χ2n) is 3.63. The van der Waals surface area contributed by atoms with Crippen molar-refractivity contribution in [3.8, 4) is 6.07 Å². The number of nitrogens with one attached hydrogen (secondary N) is 1. The summed E-state index contributed by atoms with van der Waals surface area (Å²) < 4.78 is 0. The van der Waals surface area contributed by atoms with Gasteiger partial charge >= 0.3 is 0 Å². The molecule has 0 aliphatic carbocycles. The Morgan fingerprint density at radius 2 is 1.87 bits per heavy atom. The number of rotatable bonds is 2. The molecule has 0 spiro atoms. The third-order valence-corrected chi connectivity index (χ3v) is 2.35. The molecule has 1 aromatic carbocycles. The van der Waals surface area contributed by atoms with E-state index < -0.39 is 0 Å². The van der Waals surface area contributed by atoms with Crippen LogP contribution in [0.5, 0.6) is 0 Å². The fourth-order valence-corrected chi connectivity index (χ4v) is 1.36. The third kappa shape index (κ3) is 2.81. The SMILES string of the molecule is Cc1cc(C)c(NC(=O)CC#N)cc1C. The van der Waals surface area contributed by atoms with Crippen LogP contribution in [0.2, 0.25) is 0 Å². The fraction of sp³-hybridized carbons (Fsp3) is 0.333. The van der Waals surface area contributed by atoms with E-state index in [0.717, 1.165) is 16.8 Å². The molecule has 3 heteroatoms. The van der Waals surface area contributed by atoms with Crippen LogP contribution < -0.4 is 5.32 Å². The van der Waals surface area contributed by atoms with E-state index in [1.165, 1.54) is 5.56 Å². The topological polar surface area (TPSA) is 52.9 Å². The fourth-order valence-electron chi connectivity index (χ4n) is 1.36. The predicted octanol–water partition coefficient (Wildman–Crippen LogP) is 2.46. The maximum absolute atomic E-state index is 11.2. The quantitative estimate of drug-likeness (QED) is 0.800. The van der Waals surface area contributed by atoms with Gasteiger partial charge in [-0.05, 0) is 43.5 Å². The molecule has 15 heavy (non-hydrogen) atoms. The molecule has 0 unspecified atom stereocenters. The Morgan fingerprint density at radius 1 is 1.27 bits per heavy atom. The van der Waals surface area contributed by atoms with E-state index in [4.69, 9.17) is 5.26 Å². The number of benzene rings is 1. The molecule has 0 fully saturated rings. The van der Waals surface area contributed by atoms with Crippen LogP contribution in [0.3, 0.4) is 0 Å². The van der Waals surface area contributed by atoms with Crippen LogP contribution in [0.25, 0.3) is 0 Å².